The fourth-order valence-corrected chi connectivity index (χ4v) is 3.86. The van der Waals surface area contributed by atoms with Gasteiger partial charge in [0.1, 0.15) is 0 Å². The number of aryl methyl sites for hydroxylation is 1. The van der Waals surface area contributed by atoms with Gasteiger partial charge in [-0.15, -0.1) is 11.3 Å². The van der Waals surface area contributed by atoms with E-state index in [0.29, 0.717) is 6.54 Å². The SMILES string of the molecule is Cc1ccc(NCc2sc3ccccc3c2Cl)c(Cl)c1. The zero-order valence-corrected chi connectivity index (χ0v) is 13.2. The van der Waals surface area contributed by atoms with Crippen molar-refractivity contribution < 1.29 is 0 Å². The van der Waals surface area contributed by atoms with Gasteiger partial charge in [0.15, 0.2) is 0 Å². The lowest BCUT2D eigenvalue weighted by molar-refractivity contribution is 1.19. The van der Waals surface area contributed by atoms with Gasteiger partial charge in [0, 0.05) is 15.0 Å². The maximum absolute atomic E-state index is 6.43. The van der Waals surface area contributed by atoms with Gasteiger partial charge in [-0.1, -0.05) is 47.5 Å². The standard InChI is InChI=1S/C16H13Cl2NS/c1-10-6-7-13(12(17)8-10)19-9-15-16(18)11-4-2-3-5-14(11)20-15/h2-8,19H,9H2,1H3. The Balaban J connectivity index is 1.85. The normalized spacial score (nSPS) is 10.9. The number of nitrogens with one attached hydrogen (secondary N) is 1. The Hall–Kier alpha value is -1.22. The minimum atomic E-state index is 0.682. The highest BCUT2D eigenvalue weighted by Crippen LogP contribution is 2.35. The van der Waals surface area contributed by atoms with Crippen molar-refractivity contribution in [3.63, 3.8) is 0 Å². The summed E-state index contributed by atoms with van der Waals surface area (Å²) in [6, 6.07) is 14.2. The predicted octanol–water partition coefficient (Wildman–Crippen LogP) is 6.13. The lowest BCUT2D eigenvalue weighted by atomic mass is 10.2. The molecule has 1 N–H and O–H groups in total. The maximum atomic E-state index is 6.43. The van der Waals surface area contributed by atoms with Crippen LogP contribution < -0.4 is 5.32 Å². The molecule has 0 saturated heterocycles. The van der Waals surface area contributed by atoms with E-state index in [9.17, 15) is 0 Å². The smallest absolute Gasteiger partial charge is 0.0642 e. The molecule has 20 heavy (non-hydrogen) atoms. The summed E-state index contributed by atoms with van der Waals surface area (Å²) in [4.78, 5) is 1.13. The zero-order chi connectivity index (χ0) is 14.1. The first kappa shape index (κ1) is 13.7. The molecule has 0 fully saturated rings. The molecule has 0 aliphatic rings. The minimum absolute atomic E-state index is 0.682. The lowest BCUT2D eigenvalue weighted by Gasteiger charge is -2.08. The summed E-state index contributed by atoms with van der Waals surface area (Å²) in [5, 5.41) is 6.04. The van der Waals surface area contributed by atoms with Crippen molar-refractivity contribution in [1.82, 2.24) is 0 Å². The van der Waals surface area contributed by atoms with Crippen LogP contribution in [0.3, 0.4) is 0 Å². The van der Waals surface area contributed by atoms with E-state index in [1.807, 2.05) is 37.3 Å². The Labute approximate surface area is 132 Å². The molecule has 0 unspecified atom stereocenters. The largest absolute Gasteiger partial charge is 0.379 e. The quantitative estimate of drug-likeness (QED) is 0.612. The number of rotatable bonds is 3. The highest BCUT2D eigenvalue weighted by atomic mass is 35.5. The second-order valence-electron chi connectivity index (χ2n) is 4.67. The molecule has 0 saturated carbocycles. The number of hydrogen-bond donors (Lipinski definition) is 1. The highest BCUT2D eigenvalue weighted by Gasteiger charge is 2.10. The van der Waals surface area contributed by atoms with E-state index in [1.54, 1.807) is 11.3 Å². The molecule has 0 radical (unpaired) electrons. The van der Waals surface area contributed by atoms with Crippen molar-refractivity contribution in [2.75, 3.05) is 5.32 Å². The first-order valence-corrected chi connectivity index (χ1v) is 7.88. The average molecular weight is 322 g/mol. The van der Waals surface area contributed by atoms with Crippen LogP contribution in [0.1, 0.15) is 10.4 Å². The van der Waals surface area contributed by atoms with Crippen molar-refractivity contribution in [3.05, 3.63) is 63.0 Å². The summed E-state index contributed by atoms with van der Waals surface area (Å²) in [5.74, 6) is 0. The maximum Gasteiger partial charge on any atom is 0.0642 e. The number of anilines is 1. The summed E-state index contributed by atoms with van der Waals surface area (Å²) in [7, 11) is 0. The molecular formula is C16H13Cl2NS. The third kappa shape index (κ3) is 2.64. The van der Waals surface area contributed by atoms with E-state index >= 15 is 0 Å². The van der Waals surface area contributed by atoms with Gasteiger partial charge in [-0.2, -0.15) is 0 Å². The van der Waals surface area contributed by atoms with E-state index < -0.39 is 0 Å². The topological polar surface area (TPSA) is 12.0 Å². The van der Waals surface area contributed by atoms with E-state index in [-0.39, 0.29) is 0 Å². The number of fused-ring (bicyclic) bond motifs is 1. The van der Waals surface area contributed by atoms with Crippen molar-refractivity contribution in [3.8, 4) is 0 Å². The second kappa shape index (κ2) is 5.65. The molecule has 0 aliphatic carbocycles. The summed E-state index contributed by atoms with van der Waals surface area (Å²) < 4.78 is 1.21. The van der Waals surface area contributed by atoms with E-state index in [4.69, 9.17) is 23.2 Å². The molecule has 3 rings (SSSR count). The molecule has 4 heteroatoms. The Morgan fingerprint density at radius 2 is 1.90 bits per heavy atom. The molecule has 2 aromatic carbocycles. The van der Waals surface area contributed by atoms with Crippen molar-refractivity contribution in [1.29, 1.82) is 0 Å². The van der Waals surface area contributed by atoms with E-state index in [2.05, 4.69) is 17.4 Å². The third-order valence-electron chi connectivity index (χ3n) is 3.17. The average Bonchev–Trinajstić information content (AvgIpc) is 2.75. The van der Waals surface area contributed by atoms with Crippen LogP contribution in [0.25, 0.3) is 10.1 Å². The van der Waals surface area contributed by atoms with Crippen LogP contribution in [0.5, 0.6) is 0 Å². The van der Waals surface area contributed by atoms with Gasteiger partial charge in [-0.3, -0.25) is 0 Å². The van der Waals surface area contributed by atoms with Gasteiger partial charge in [-0.05, 0) is 30.7 Å². The van der Waals surface area contributed by atoms with Crippen LogP contribution >= 0.6 is 34.5 Å². The van der Waals surface area contributed by atoms with Crippen LogP contribution in [0.2, 0.25) is 10.0 Å². The van der Waals surface area contributed by atoms with Crippen molar-refractivity contribution in [2.45, 2.75) is 13.5 Å². The van der Waals surface area contributed by atoms with Crippen LogP contribution in [0.15, 0.2) is 42.5 Å². The van der Waals surface area contributed by atoms with Gasteiger partial charge in [0.2, 0.25) is 0 Å². The molecule has 1 aromatic heterocycles. The summed E-state index contributed by atoms with van der Waals surface area (Å²) in [6.07, 6.45) is 0. The third-order valence-corrected chi connectivity index (χ3v) is 5.19. The fourth-order valence-electron chi connectivity index (χ4n) is 2.12. The molecule has 0 bridgehead atoms. The lowest BCUT2D eigenvalue weighted by Crippen LogP contribution is -1.98. The molecule has 3 aromatic rings. The van der Waals surface area contributed by atoms with Crippen LogP contribution in [0.4, 0.5) is 5.69 Å². The zero-order valence-electron chi connectivity index (χ0n) is 10.9. The highest BCUT2D eigenvalue weighted by molar-refractivity contribution is 7.19. The van der Waals surface area contributed by atoms with E-state index in [1.165, 1.54) is 4.70 Å². The number of halogens is 2. The molecule has 1 heterocycles. The van der Waals surface area contributed by atoms with Gasteiger partial charge in [0.05, 0.1) is 22.3 Å². The van der Waals surface area contributed by atoms with Crippen LogP contribution in [0, 0.1) is 6.92 Å². The Kier molecular flexibility index (Phi) is 3.88. The number of benzene rings is 2. The van der Waals surface area contributed by atoms with Crippen LogP contribution in [-0.4, -0.2) is 0 Å². The van der Waals surface area contributed by atoms with E-state index in [0.717, 1.165) is 31.6 Å². The molecule has 102 valence electrons. The van der Waals surface area contributed by atoms with Gasteiger partial charge in [-0.25, -0.2) is 0 Å². The summed E-state index contributed by atoms with van der Waals surface area (Å²) >= 11 is 14.4. The summed E-state index contributed by atoms with van der Waals surface area (Å²) in [6.45, 7) is 2.71. The first-order chi connectivity index (χ1) is 9.65. The second-order valence-corrected chi connectivity index (χ2v) is 6.59. The molecular weight excluding hydrogens is 309 g/mol. The first-order valence-electron chi connectivity index (χ1n) is 6.31. The molecule has 0 amide bonds. The van der Waals surface area contributed by atoms with Gasteiger partial charge in [0.25, 0.3) is 0 Å². The Morgan fingerprint density at radius 3 is 2.65 bits per heavy atom. The van der Waals surface area contributed by atoms with Crippen LogP contribution in [-0.2, 0) is 6.54 Å². The Morgan fingerprint density at radius 1 is 1.10 bits per heavy atom. The minimum Gasteiger partial charge on any atom is -0.379 e. The molecule has 0 aliphatic heterocycles. The summed E-state index contributed by atoms with van der Waals surface area (Å²) in [5.41, 5.74) is 2.09. The molecule has 0 spiro atoms. The molecule has 1 nitrogen and oxygen atoms in total. The van der Waals surface area contributed by atoms with Crippen molar-refractivity contribution >= 4 is 50.3 Å². The predicted molar refractivity (Wildman–Crippen MR) is 90.4 cm³/mol. The number of thiophene rings is 1. The Bertz CT molecular complexity index is 764. The van der Waals surface area contributed by atoms with Crippen molar-refractivity contribution in [2.24, 2.45) is 0 Å². The van der Waals surface area contributed by atoms with Gasteiger partial charge >= 0.3 is 0 Å². The fraction of sp³-hybridized carbons (Fsp3) is 0.125. The number of hydrogen-bond acceptors (Lipinski definition) is 2. The monoisotopic (exact) mass is 321 g/mol. The van der Waals surface area contributed by atoms with Gasteiger partial charge < -0.3 is 5.32 Å². The molecule has 0 atom stereocenters.